The van der Waals surface area contributed by atoms with Crippen LogP contribution >= 0.6 is 0 Å². The standard InChI is InChI=1S/C16H25N3/c1-2-16(12-18-9-1)19-15-5-3-13(4-6-15)14-7-10-17-11-8-14/h3-6,14,16-19H,1-2,7-12H2/t16-/m1/s1. The van der Waals surface area contributed by atoms with Crippen molar-refractivity contribution in [3.63, 3.8) is 0 Å². The van der Waals surface area contributed by atoms with Crippen LogP contribution in [0.15, 0.2) is 24.3 Å². The van der Waals surface area contributed by atoms with E-state index < -0.39 is 0 Å². The maximum Gasteiger partial charge on any atom is 0.0386 e. The molecule has 104 valence electrons. The maximum atomic E-state index is 3.64. The van der Waals surface area contributed by atoms with Gasteiger partial charge in [0.05, 0.1) is 0 Å². The third kappa shape index (κ3) is 3.48. The molecule has 1 aromatic rings. The van der Waals surface area contributed by atoms with Gasteiger partial charge in [0.15, 0.2) is 0 Å². The van der Waals surface area contributed by atoms with Crippen LogP contribution in [0.2, 0.25) is 0 Å². The van der Waals surface area contributed by atoms with Crippen molar-refractivity contribution >= 4 is 5.69 Å². The lowest BCUT2D eigenvalue weighted by Crippen LogP contribution is -2.38. The van der Waals surface area contributed by atoms with Crippen molar-refractivity contribution in [2.45, 2.75) is 37.6 Å². The molecule has 0 amide bonds. The molecule has 3 N–H and O–H groups in total. The van der Waals surface area contributed by atoms with E-state index in [0.29, 0.717) is 6.04 Å². The van der Waals surface area contributed by atoms with Gasteiger partial charge in [-0.3, -0.25) is 0 Å². The van der Waals surface area contributed by atoms with Gasteiger partial charge in [0, 0.05) is 18.3 Å². The van der Waals surface area contributed by atoms with Gasteiger partial charge in [0.2, 0.25) is 0 Å². The Morgan fingerprint density at radius 2 is 1.68 bits per heavy atom. The molecular weight excluding hydrogens is 234 g/mol. The number of benzene rings is 1. The Bertz CT molecular complexity index is 375. The molecule has 2 saturated heterocycles. The van der Waals surface area contributed by atoms with Gasteiger partial charge < -0.3 is 16.0 Å². The van der Waals surface area contributed by atoms with Crippen LogP contribution in [-0.4, -0.2) is 32.2 Å². The first kappa shape index (κ1) is 12.9. The quantitative estimate of drug-likeness (QED) is 0.779. The van der Waals surface area contributed by atoms with Crippen LogP contribution in [0.3, 0.4) is 0 Å². The fourth-order valence-corrected chi connectivity index (χ4v) is 3.22. The summed E-state index contributed by atoms with van der Waals surface area (Å²) in [5.41, 5.74) is 2.78. The molecule has 0 radical (unpaired) electrons. The van der Waals surface area contributed by atoms with Crippen LogP contribution < -0.4 is 16.0 Å². The van der Waals surface area contributed by atoms with Crippen LogP contribution in [0, 0.1) is 0 Å². The molecule has 2 aliphatic heterocycles. The lowest BCUT2D eigenvalue weighted by Gasteiger charge is -2.26. The predicted octanol–water partition coefficient (Wildman–Crippen LogP) is 2.32. The zero-order chi connectivity index (χ0) is 12.9. The van der Waals surface area contributed by atoms with Gasteiger partial charge in [0.1, 0.15) is 0 Å². The van der Waals surface area contributed by atoms with Gasteiger partial charge in [0.25, 0.3) is 0 Å². The van der Waals surface area contributed by atoms with Gasteiger partial charge in [-0.25, -0.2) is 0 Å². The van der Waals surface area contributed by atoms with Gasteiger partial charge >= 0.3 is 0 Å². The van der Waals surface area contributed by atoms with E-state index in [1.165, 1.54) is 56.6 Å². The van der Waals surface area contributed by atoms with Crippen molar-refractivity contribution in [3.05, 3.63) is 29.8 Å². The van der Waals surface area contributed by atoms with Crippen molar-refractivity contribution < 1.29 is 0 Å². The first-order valence-electron chi connectivity index (χ1n) is 7.70. The number of piperidine rings is 2. The summed E-state index contributed by atoms with van der Waals surface area (Å²) in [5, 5.41) is 10.5. The molecule has 3 nitrogen and oxygen atoms in total. The van der Waals surface area contributed by atoms with Crippen molar-refractivity contribution in [3.8, 4) is 0 Å². The highest BCUT2D eigenvalue weighted by Crippen LogP contribution is 2.26. The normalized spacial score (nSPS) is 25.2. The second-order valence-electron chi connectivity index (χ2n) is 5.83. The largest absolute Gasteiger partial charge is 0.381 e. The predicted molar refractivity (Wildman–Crippen MR) is 80.8 cm³/mol. The Morgan fingerprint density at radius 3 is 2.37 bits per heavy atom. The van der Waals surface area contributed by atoms with Crippen molar-refractivity contribution in [1.29, 1.82) is 0 Å². The third-order valence-corrected chi connectivity index (χ3v) is 4.39. The third-order valence-electron chi connectivity index (χ3n) is 4.39. The van der Waals surface area contributed by atoms with Crippen LogP contribution in [-0.2, 0) is 0 Å². The first-order chi connectivity index (χ1) is 9.42. The zero-order valence-electron chi connectivity index (χ0n) is 11.6. The lowest BCUT2D eigenvalue weighted by atomic mass is 9.90. The molecule has 1 atom stereocenters. The van der Waals surface area contributed by atoms with E-state index in [2.05, 4.69) is 40.2 Å². The minimum Gasteiger partial charge on any atom is -0.381 e. The average Bonchev–Trinajstić information content (AvgIpc) is 2.50. The molecule has 2 heterocycles. The second kappa shape index (κ2) is 6.40. The van der Waals surface area contributed by atoms with Crippen LogP contribution in [0.25, 0.3) is 0 Å². The Balaban J connectivity index is 1.58. The van der Waals surface area contributed by atoms with Crippen LogP contribution in [0.4, 0.5) is 5.69 Å². The second-order valence-corrected chi connectivity index (χ2v) is 5.83. The SMILES string of the molecule is c1cc(C2CCNCC2)ccc1N[C@@H]1CCCNC1. The van der Waals surface area contributed by atoms with Gasteiger partial charge in [-0.2, -0.15) is 0 Å². The molecule has 1 aromatic carbocycles. The van der Waals surface area contributed by atoms with E-state index >= 15 is 0 Å². The number of hydrogen-bond acceptors (Lipinski definition) is 3. The topological polar surface area (TPSA) is 36.1 Å². The van der Waals surface area contributed by atoms with Gasteiger partial charge in [-0.1, -0.05) is 12.1 Å². The minimum atomic E-state index is 0.596. The monoisotopic (exact) mass is 259 g/mol. The fourth-order valence-electron chi connectivity index (χ4n) is 3.22. The molecule has 0 aromatic heterocycles. The summed E-state index contributed by atoms with van der Waals surface area (Å²) < 4.78 is 0. The van der Waals surface area contributed by atoms with E-state index in [0.717, 1.165) is 12.5 Å². The Hall–Kier alpha value is -1.06. The summed E-state index contributed by atoms with van der Waals surface area (Å²) >= 11 is 0. The zero-order valence-corrected chi connectivity index (χ0v) is 11.6. The molecular formula is C16H25N3. The summed E-state index contributed by atoms with van der Waals surface area (Å²) in [5.74, 6) is 0.756. The van der Waals surface area contributed by atoms with Crippen molar-refractivity contribution in [2.24, 2.45) is 0 Å². The van der Waals surface area contributed by atoms with Crippen LogP contribution in [0.1, 0.15) is 37.2 Å². The van der Waals surface area contributed by atoms with Crippen molar-refractivity contribution in [2.75, 3.05) is 31.5 Å². The summed E-state index contributed by atoms with van der Waals surface area (Å²) in [6, 6.07) is 9.74. The van der Waals surface area contributed by atoms with E-state index in [-0.39, 0.29) is 0 Å². The Kier molecular flexibility index (Phi) is 4.36. The molecule has 0 aliphatic carbocycles. The number of nitrogens with one attached hydrogen (secondary N) is 3. The first-order valence-corrected chi connectivity index (χ1v) is 7.70. The van der Waals surface area contributed by atoms with Crippen LogP contribution in [0.5, 0.6) is 0 Å². The molecule has 19 heavy (non-hydrogen) atoms. The molecule has 2 fully saturated rings. The molecule has 0 unspecified atom stereocenters. The Labute approximate surface area is 116 Å². The number of rotatable bonds is 3. The van der Waals surface area contributed by atoms with Gasteiger partial charge in [-0.15, -0.1) is 0 Å². The smallest absolute Gasteiger partial charge is 0.0386 e. The van der Waals surface area contributed by atoms with E-state index in [1.54, 1.807) is 0 Å². The molecule has 3 heteroatoms. The highest BCUT2D eigenvalue weighted by molar-refractivity contribution is 5.46. The lowest BCUT2D eigenvalue weighted by molar-refractivity contribution is 0.460. The summed E-state index contributed by atoms with van der Waals surface area (Å²) in [6.45, 7) is 4.60. The van der Waals surface area contributed by atoms with E-state index in [9.17, 15) is 0 Å². The molecule has 0 saturated carbocycles. The summed E-state index contributed by atoms with van der Waals surface area (Å²) in [4.78, 5) is 0. The van der Waals surface area contributed by atoms with E-state index in [4.69, 9.17) is 0 Å². The van der Waals surface area contributed by atoms with Crippen molar-refractivity contribution in [1.82, 2.24) is 10.6 Å². The highest BCUT2D eigenvalue weighted by atomic mass is 15.0. The molecule has 0 spiro atoms. The molecule has 0 bridgehead atoms. The minimum absolute atomic E-state index is 0.596. The van der Waals surface area contributed by atoms with E-state index in [1.807, 2.05) is 0 Å². The number of hydrogen-bond donors (Lipinski definition) is 3. The number of anilines is 1. The molecule has 3 rings (SSSR count). The highest BCUT2D eigenvalue weighted by Gasteiger charge is 2.15. The average molecular weight is 259 g/mol. The molecule has 2 aliphatic rings. The van der Waals surface area contributed by atoms with Gasteiger partial charge in [-0.05, 0) is 68.9 Å². The summed E-state index contributed by atoms with van der Waals surface area (Å²) in [6.07, 6.45) is 5.12. The fraction of sp³-hybridized carbons (Fsp3) is 0.625. The summed E-state index contributed by atoms with van der Waals surface area (Å²) in [7, 11) is 0. The maximum absolute atomic E-state index is 3.64. The Morgan fingerprint density at radius 1 is 0.895 bits per heavy atom.